The van der Waals surface area contributed by atoms with Gasteiger partial charge in [0.05, 0.1) is 27.1 Å². The lowest BCUT2D eigenvalue weighted by atomic mass is 9.94. The highest BCUT2D eigenvalue weighted by Gasteiger charge is 2.65. The molecule has 3 heterocycles. The maximum Gasteiger partial charge on any atom is 0.416 e. The van der Waals surface area contributed by atoms with Crippen LogP contribution in [0.3, 0.4) is 0 Å². The SMILES string of the molecule is Cc1ccc2nc(O[C@@H]3C[C@H]4C(=O)N[C@]5(C(=O)NS(=O)(=O)C6(C)CC6)C[C@H]5C(C)CCCCCC[C@H](Nc5cc(F)cc(C(F)(F)F)c5)C(=O)N4C3)sc2c1. The molecule has 2 aliphatic heterocycles. The van der Waals surface area contributed by atoms with Gasteiger partial charge in [-0.05, 0) is 87.3 Å². The van der Waals surface area contributed by atoms with Crippen molar-refractivity contribution in [1.29, 1.82) is 0 Å². The van der Waals surface area contributed by atoms with Crippen LogP contribution >= 0.6 is 11.3 Å². The van der Waals surface area contributed by atoms with Crippen LogP contribution in [-0.2, 0) is 30.6 Å². The minimum Gasteiger partial charge on any atom is -0.465 e. The van der Waals surface area contributed by atoms with E-state index in [9.17, 15) is 40.4 Å². The van der Waals surface area contributed by atoms with Crippen molar-refractivity contribution in [1.82, 2.24) is 19.9 Å². The van der Waals surface area contributed by atoms with Crippen LogP contribution in [0.1, 0.15) is 89.2 Å². The zero-order chi connectivity index (χ0) is 39.5. The van der Waals surface area contributed by atoms with Gasteiger partial charge in [0.25, 0.3) is 11.1 Å². The molecule has 7 rings (SSSR count). The monoisotopic (exact) mass is 807 g/mol. The Labute approximate surface area is 321 Å². The van der Waals surface area contributed by atoms with Crippen molar-refractivity contribution >= 4 is 55.0 Å². The minimum atomic E-state index is -4.83. The number of rotatable bonds is 7. The van der Waals surface area contributed by atoms with Gasteiger partial charge in [-0.1, -0.05) is 56.4 Å². The lowest BCUT2D eigenvalue weighted by Crippen LogP contribution is -2.58. The molecule has 6 atom stereocenters. The van der Waals surface area contributed by atoms with Crippen molar-refractivity contribution in [3.63, 3.8) is 0 Å². The van der Waals surface area contributed by atoms with E-state index in [-0.39, 0.29) is 43.3 Å². The van der Waals surface area contributed by atoms with Gasteiger partial charge in [-0.15, -0.1) is 0 Å². The van der Waals surface area contributed by atoms with E-state index >= 15 is 0 Å². The number of nitrogens with one attached hydrogen (secondary N) is 3. The van der Waals surface area contributed by atoms with Crippen molar-refractivity contribution in [2.45, 2.75) is 120 Å². The molecule has 11 nitrogen and oxygen atoms in total. The summed E-state index contributed by atoms with van der Waals surface area (Å²) in [5.74, 6) is -3.62. The largest absolute Gasteiger partial charge is 0.465 e. The predicted molar refractivity (Wildman–Crippen MR) is 198 cm³/mol. The Kier molecular flexibility index (Phi) is 10.4. The highest BCUT2D eigenvalue weighted by molar-refractivity contribution is 7.91. The van der Waals surface area contributed by atoms with Gasteiger partial charge >= 0.3 is 6.18 Å². The number of halogens is 4. The van der Waals surface area contributed by atoms with Crippen LogP contribution < -0.4 is 20.1 Å². The molecular formula is C38H45F4N5O6S2. The Balaban J connectivity index is 1.21. The van der Waals surface area contributed by atoms with Crippen LogP contribution in [-0.4, -0.2) is 71.0 Å². The molecule has 2 saturated carbocycles. The summed E-state index contributed by atoms with van der Waals surface area (Å²) in [6, 6.07) is 5.42. The molecule has 0 spiro atoms. The molecule has 1 unspecified atom stereocenters. The van der Waals surface area contributed by atoms with Crippen LogP contribution in [0.5, 0.6) is 5.19 Å². The molecule has 3 aromatic rings. The molecule has 3 N–H and O–H groups in total. The van der Waals surface area contributed by atoms with Crippen LogP contribution in [0.4, 0.5) is 23.2 Å². The van der Waals surface area contributed by atoms with Gasteiger partial charge in [0.2, 0.25) is 21.8 Å². The third-order valence-corrected chi connectivity index (χ3v) is 14.8. The molecule has 2 saturated heterocycles. The first-order valence-corrected chi connectivity index (χ1v) is 21.0. The van der Waals surface area contributed by atoms with Crippen molar-refractivity contribution < 1.29 is 45.1 Å². The smallest absolute Gasteiger partial charge is 0.416 e. The molecule has 17 heteroatoms. The number of carbonyl (C=O) groups is 3. The molecule has 4 fully saturated rings. The number of anilines is 1. The molecule has 2 aromatic carbocycles. The normalized spacial score (nSPS) is 28.6. The lowest BCUT2D eigenvalue weighted by Gasteiger charge is -2.30. The molecule has 298 valence electrons. The summed E-state index contributed by atoms with van der Waals surface area (Å²) in [5.41, 5.74) is -1.24. The van der Waals surface area contributed by atoms with Gasteiger partial charge in [0.15, 0.2) is 0 Å². The van der Waals surface area contributed by atoms with E-state index in [1.807, 2.05) is 32.0 Å². The lowest BCUT2D eigenvalue weighted by molar-refractivity contribution is -0.140. The number of hydrogen-bond donors (Lipinski definition) is 3. The van der Waals surface area contributed by atoms with E-state index < -0.39 is 73.8 Å². The van der Waals surface area contributed by atoms with Crippen LogP contribution in [0.25, 0.3) is 10.2 Å². The zero-order valence-electron chi connectivity index (χ0n) is 30.8. The molecule has 55 heavy (non-hydrogen) atoms. The molecular weight excluding hydrogens is 763 g/mol. The number of nitrogens with zero attached hydrogens (tertiary/aromatic N) is 2. The van der Waals surface area contributed by atoms with Gasteiger partial charge in [0.1, 0.15) is 29.5 Å². The second-order valence-electron chi connectivity index (χ2n) is 16.0. The van der Waals surface area contributed by atoms with Gasteiger partial charge in [-0.2, -0.15) is 13.2 Å². The first kappa shape index (κ1) is 39.3. The van der Waals surface area contributed by atoms with E-state index in [4.69, 9.17) is 4.74 Å². The molecule has 2 aliphatic carbocycles. The topological polar surface area (TPSA) is 147 Å². The van der Waals surface area contributed by atoms with Gasteiger partial charge in [0, 0.05) is 12.1 Å². The summed E-state index contributed by atoms with van der Waals surface area (Å²) >= 11 is 1.30. The average molecular weight is 808 g/mol. The summed E-state index contributed by atoms with van der Waals surface area (Å²) in [6.07, 6.45) is -0.917. The fourth-order valence-corrected chi connectivity index (χ4v) is 10.3. The number of fused-ring (bicyclic) bond motifs is 3. The standard InChI is InChI=1S/C38H45F4N5O6S2/c1-21-10-11-28-31(14-21)54-35(44-28)53-26-18-30-32(48)45-37(34(50)46-55(51,52)36(3)12-13-36)19-27(37)22(2)8-6-4-5-7-9-29(33(49)47(30)20-26)43-25-16-23(38(40,41)42)15-24(39)17-25/h10-11,14-17,22,26-27,29-30,43H,4-9,12-13,18-20H2,1-3H3,(H,45,48)(H,46,50)/t22?,26-,27+,29+,30+,37-/m1/s1. The van der Waals surface area contributed by atoms with Crippen molar-refractivity contribution in [2.24, 2.45) is 11.8 Å². The quantitative estimate of drug-likeness (QED) is 0.231. The third kappa shape index (κ3) is 8.14. The summed E-state index contributed by atoms with van der Waals surface area (Å²) in [4.78, 5) is 48.8. The van der Waals surface area contributed by atoms with E-state index in [2.05, 4.69) is 20.3 Å². The van der Waals surface area contributed by atoms with Crippen molar-refractivity contribution in [2.75, 3.05) is 11.9 Å². The fraction of sp³-hybridized carbons (Fsp3) is 0.579. The van der Waals surface area contributed by atoms with Gasteiger partial charge in [-0.3, -0.25) is 19.1 Å². The van der Waals surface area contributed by atoms with Crippen molar-refractivity contribution in [3.05, 3.63) is 53.3 Å². The summed E-state index contributed by atoms with van der Waals surface area (Å²) < 4.78 is 90.2. The summed E-state index contributed by atoms with van der Waals surface area (Å²) in [6.45, 7) is 5.40. The van der Waals surface area contributed by atoms with E-state index in [0.29, 0.717) is 48.9 Å². The van der Waals surface area contributed by atoms with Crippen molar-refractivity contribution in [3.8, 4) is 5.19 Å². The molecule has 0 bridgehead atoms. The highest BCUT2D eigenvalue weighted by atomic mass is 32.2. The third-order valence-electron chi connectivity index (χ3n) is 11.7. The van der Waals surface area contributed by atoms with Gasteiger partial charge in [-0.25, -0.2) is 17.8 Å². The summed E-state index contributed by atoms with van der Waals surface area (Å²) in [7, 11) is -4.03. The van der Waals surface area contributed by atoms with E-state index in [1.54, 1.807) is 6.92 Å². The molecule has 4 aliphatic rings. The van der Waals surface area contributed by atoms with E-state index in [1.165, 1.54) is 16.2 Å². The average Bonchev–Trinajstić information content (AvgIpc) is 3.94. The van der Waals surface area contributed by atoms with E-state index in [0.717, 1.165) is 35.2 Å². The Morgan fingerprint density at radius 1 is 1.07 bits per heavy atom. The number of thiazole rings is 1. The first-order chi connectivity index (χ1) is 25.9. The van der Waals surface area contributed by atoms with Crippen LogP contribution in [0, 0.1) is 24.6 Å². The summed E-state index contributed by atoms with van der Waals surface area (Å²) in [5, 5.41) is 6.05. The van der Waals surface area contributed by atoms with Gasteiger partial charge < -0.3 is 20.3 Å². The maximum absolute atomic E-state index is 14.6. The number of ether oxygens (including phenoxy) is 1. The predicted octanol–water partition coefficient (Wildman–Crippen LogP) is 6.46. The maximum atomic E-state index is 14.6. The minimum absolute atomic E-state index is 0.00821. The van der Waals surface area contributed by atoms with Crippen LogP contribution in [0.2, 0.25) is 0 Å². The Morgan fingerprint density at radius 3 is 2.51 bits per heavy atom. The number of benzene rings is 2. The van der Waals surface area contributed by atoms with Crippen LogP contribution in [0.15, 0.2) is 36.4 Å². The number of aromatic nitrogens is 1. The first-order valence-electron chi connectivity index (χ1n) is 18.7. The Morgan fingerprint density at radius 2 is 1.80 bits per heavy atom. The second-order valence-corrected chi connectivity index (χ2v) is 19.2. The number of amides is 3. The molecule has 1 aromatic heterocycles. The number of carbonyl (C=O) groups excluding carboxylic acids is 3. The fourth-order valence-electron chi connectivity index (χ4n) is 7.96. The molecule has 0 radical (unpaired) electrons. The second kappa shape index (κ2) is 14.5. The zero-order valence-corrected chi connectivity index (χ0v) is 32.4. The number of hydrogen-bond acceptors (Lipinski definition) is 9. The number of aryl methyl sites for hydroxylation is 1. The number of alkyl halides is 3. The number of sulfonamides is 1. The highest BCUT2D eigenvalue weighted by Crippen LogP contribution is 2.51. The molecule has 3 amide bonds. The Bertz CT molecular complexity index is 2110. The Hall–Kier alpha value is -3.99.